The fourth-order valence-corrected chi connectivity index (χ4v) is 1.55. The molecule has 0 saturated heterocycles. The van der Waals surface area contributed by atoms with Gasteiger partial charge < -0.3 is 10.8 Å². The fourth-order valence-electron chi connectivity index (χ4n) is 1.06. The Labute approximate surface area is 92.2 Å². The van der Waals surface area contributed by atoms with Crippen molar-refractivity contribution in [2.45, 2.75) is 12.8 Å². The van der Waals surface area contributed by atoms with E-state index in [9.17, 15) is 13.6 Å². The average molecular weight is 281 g/mol. The van der Waals surface area contributed by atoms with Gasteiger partial charge in [-0.15, -0.1) is 0 Å². The van der Waals surface area contributed by atoms with Crippen molar-refractivity contribution < 1.29 is 18.7 Å². The predicted molar refractivity (Wildman–Crippen MR) is 52.6 cm³/mol. The van der Waals surface area contributed by atoms with Gasteiger partial charge in [0.05, 0.1) is 23.4 Å². The summed E-state index contributed by atoms with van der Waals surface area (Å²) in [5.41, 5.74) is 4.65. The minimum Gasteiger partial charge on any atom is -0.481 e. The van der Waals surface area contributed by atoms with Crippen LogP contribution in [-0.4, -0.2) is 16.1 Å². The summed E-state index contributed by atoms with van der Waals surface area (Å²) in [6.07, 6.45) is -2.12. The smallest absolute Gasteiger partial charge is 0.309 e. The number of hydrogen-bond acceptors (Lipinski definition) is 3. The Morgan fingerprint density at radius 3 is 2.73 bits per heavy atom. The zero-order valence-electron chi connectivity index (χ0n) is 7.38. The van der Waals surface area contributed by atoms with Gasteiger partial charge in [-0.3, -0.25) is 9.78 Å². The first kappa shape index (κ1) is 11.8. The number of aliphatic carboxylic acids is 1. The molecule has 0 aliphatic heterocycles. The first-order valence-electron chi connectivity index (χ1n) is 3.86. The molecule has 0 aliphatic rings. The molecule has 0 aromatic carbocycles. The molecule has 1 heterocycles. The summed E-state index contributed by atoms with van der Waals surface area (Å²) in [7, 11) is 0. The van der Waals surface area contributed by atoms with Crippen LogP contribution in [0.15, 0.2) is 10.7 Å². The van der Waals surface area contributed by atoms with Crippen molar-refractivity contribution in [2.24, 2.45) is 0 Å². The molecule has 15 heavy (non-hydrogen) atoms. The van der Waals surface area contributed by atoms with Crippen LogP contribution >= 0.6 is 15.9 Å². The molecular weight excluding hydrogens is 274 g/mol. The Morgan fingerprint density at radius 1 is 1.67 bits per heavy atom. The molecule has 82 valence electrons. The van der Waals surface area contributed by atoms with Crippen LogP contribution in [0.2, 0.25) is 0 Å². The second-order valence-corrected chi connectivity index (χ2v) is 3.61. The lowest BCUT2D eigenvalue weighted by Crippen LogP contribution is -2.09. The second-order valence-electron chi connectivity index (χ2n) is 2.75. The van der Waals surface area contributed by atoms with E-state index in [1.165, 1.54) is 0 Å². The van der Waals surface area contributed by atoms with E-state index in [2.05, 4.69) is 20.9 Å². The third kappa shape index (κ3) is 2.62. The van der Waals surface area contributed by atoms with Crippen LogP contribution in [0.1, 0.15) is 17.7 Å². The van der Waals surface area contributed by atoms with E-state index in [0.29, 0.717) is 0 Å². The molecule has 7 heteroatoms. The Bertz CT molecular complexity index is 398. The lowest BCUT2D eigenvalue weighted by molar-refractivity contribution is -0.136. The highest BCUT2D eigenvalue weighted by Gasteiger charge is 2.19. The number of pyridine rings is 1. The number of nitrogens with zero attached hydrogens (tertiary/aromatic N) is 1. The van der Waals surface area contributed by atoms with E-state index in [-0.39, 0.29) is 15.9 Å². The van der Waals surface area contributed by atoms with Crippen molar-refractivity contribution in [3.63, 3.8) is 0 Å². The highest BCUT2D eigenvalue weighted by atomic mass is 79.9. The number of carboxylic acids is 1. The molecule has 0 unspecified atom stereocenters. The summed E-state index contributed by atoms with van der Waals surface area (Å²) in [4.78, 5) is 14.1. The number of alkyl halides is 2. The maximum Gasteiger partial charge on any atom is 0.309 e. The molecule has 1 aromatic heterocycles. The topological polar surface area (TPSA) is 76.2 Å². The lowest BCUT2D eigenvalue weighted by atomic mass is 10.1. The van der Waals surface area contributed by atoms with Gasteiger partial charge in [0.2, 0.25) is 0 Å². The van der Waals surface area contributed by atoms with Crippen LogP contribution in [0.4, 0.5) is 14.5 Å². The molecule has 0 saturated carbocycles. The van der Waals surface area contributed by atoms with E-state index in [4.69, 9.17) is 10.8 Å². The highest BCUT2D eigenvalue weighted by Crippen LogP contribution is 2.33. The zero-order chi connectivity index (χ0) is 11.6. The van der Waals surface area contributed by atoms with Crippen LogP contribution in [0.3, 0.4) is 0 Å². The van der Waals surface area contributed by atoms with Crippen LogP contribution in [0.5, 0.6) is 0 Å². The average Bonchev–Trinajstić information content (AvgIpc) is 2.09. The number of hydrogen-bond donors (Lipinski definition) is 2. The molecule has 0 spiro atoms. The molecule has 4 nitrogen and oxygen atoms in total. The Morgan fingerprint density at radius 2 is 2.27 bits per heavy atom. The van der Waals surface area contributed by atoms with Gasteiger partial charge in [-0.2, -0.15) is 0 Å². The minimum absolute atomic E-state index is 0.0546. The summed E-state index contributed by atoms with van der Waals surface area (Å²) < 4.78 is 25.1. The summed E-state index contributed by atoms with van der Waals surface area (Å²) in [6, 6.07) is 0. The third-order valence-electron chi connectivity index (χ3n) is 1.73. The maximum absolute atomic E-state index is 12.5. The molecule has 0 fully saturated rings. The van der Waals surface area contributed by atoms with Crippen molar-refractivity contribution in [1.29, 1.82) is 0 Å². The molecule has 0 bridgehead atoms. The molecule has 0 atom stereocenters. The Balaban J connectivity index is 3.22. The van der Waals surface area contributed by atoms with Crippen molar-refractivity contribution in [1.82, 2.24) is 4.98 Å². The number of nitrogen functional groups attached to an aromatic ring is 1. The van der Waals surface area contributed by atoms with Gasteiger partial charge >= 0.3 is 5.97 Å². The lowest BCUT2D eigenvalue weighted by Gasteiger charge is -2.10. The molecular formula is C8H7BrF2N2O2. The third-order valence-corrected chi connectivity index (χ3v) is 2.36. The molecule has 0 amide bonds. The first-order valence-corrected chi connectivity index (χ1v) is 4.65. The summed E-state index contributed by atoms with van der Waals surface area (Å²) in [6.45, 7) is 0. The van der Waals surface area contributed by atoms with Gasteiger partial charge in [0, 0.05) is 10.7 Å². The number of aromatic nitrogens is 1. The Hall–Kier alpha value is -1.24. The second kappa shape index (κ2) is 4.52. The van der Waals surface area contributed by atoms with E-state index in [0.717, 1.165) is 6.20 Å². The van der Waals surface area contributed by atoms with Gasteiger partial charge in [-0.25, -0.2) is 8.78 Å². The summed E-state index contributed by atoms with van der Waals surface area (Å²) in [5.74, 6) is -1.17. The van der Waals surface area contributed by atoms with Crippen LogP contribution < -0.4 is 5.73 Å². The van der Waals surface area contributed by atoms with Gasteiger partial charge in [0.1, 0.15) is 0 Å². The highest BCUT2D eigenvalue weighted by molar-refractivity contribution is 9.10. The number of rotatable bonds is 3. The fraction of sp³-hybridized carbons (Fsp3) is 0.250. The first-order chi connectivity index (χ1) is 6.93. The molecule has 3 N–H and O–H groups in total. The number of halogens is 3. The maximum atomic E-state index is 12.5. The zero-order valence-corrected chi connectivity index (χ0v) is 8.96. The summed E-state index contributed by atoms with van der Waals surface area (Å²) >= 11 is 2.88. The Kier molecular flexibility index (Phi) is 3.57. The van der Waals surface area contributed by atoms with Crippen molar-refractivity contribution in [3.8, 4) is 0 Å². The normalized spacial score (nSPS) is 10.7. The van der Waals surface area contributed by atoms with E-state index in [1.807, 2.05) is 0 Å². The quantitative estimate of drug-likeness (QED) is 0.888. The van der Waals surface area contributed by atoms with Gasteiger partial charge in [-0.1, -0.05) is 0 Å². The largest absolute Gasteiger partial charge is 0.481 e. The van der Waals surface area contributed by atoms with E-state index < -0.39 is 24.4 Å². The summed E-state index contributed by atoms with van der Waals surface area (Å²) in [5, 5.41) is 8.50. The van der Waals surface area contributed by atoms with Crippen molar-refractivity contribution >= 4 is 27.6 Å². The number of carbonyl (C=O) groups is 1. The van der Waals surface area contributed by atoms with Crippen LogP contribution in [-0.2, 0) is 11.2 Å². The van der Waals surface area contributed by atoms with Crippen molar-refractivity contribution in [3.05, 3.63) is 21.9 Å². The standard InChI is InChI=1S/C8H7BrF2N2O2/c9-3-2-13-4(1-5(14)15)7(12)6(3)8(10)11/h2,8H,1,12H2,(H,14,15). The van der Waals surface area contributed by atoms with Crippen LogP contribution in [0, 0.1) is 0 Å². The molecule has 1 aromatic rings. The van der Waals surface area contributed by atoms with Gasteiger partial charge in [0.25, 0.3) is 6.43 Å². The molecule has 0 radical (unpaired) electrons. The van der Waals surface area contributed by atoms with Crippen LogP contribution in [0.25, 0.3) is 0 Å². The molecule has 1 rings (SSSR count). The predicted octanol–water partition coefficient (Wildman–Crippen LogP) is 1.99. The van der Waals surface area contributed by atoms with Gasteiger partial charge in [0.15, 0.2) is 0 Å². The number of anilines is 1. The monoisotopic (exact) mass is 280 g/mol. The van der Waals surface area contributed by atoms with E-state index in [1.54, 1.807) is 0 Å². The molecule has 0 aliphatic carbocycles. The SMILES string of the molecule is Nc1c(CC(=O)O)ncc(Br)c1C(F)F. The van der Waals surface area contributed by atoms with Crippen molar-refractivity contribution in [2.75, 3.05) is 5.73 Å². The van der Waals surface area contributed by atoms with Gasteiger partial charge in [-0.05, 0) is 15.9 Å². The minimum atomic E-state index is -2.77. The number of nitrogens with two attached hydrogens (primary N) is 1. The number of carboxylic acid groups (broad SMARTS) is 1. The van der Waals surface area contributed by atoms with E-state index >= 15 is 0 Å².